The number of nitrogens with zero attached hydrogens (tertiary/aromatic N) is 2. The van der Waals surface area contributed by atoms with Gasteiger partial charge >= 0.3 is 0 Å². The molecule has 1 saturated heterocycles. The lowest BCUT2D eigenvalue weighted by Crippen LogP contribution is -2.43. The molecule has 1 aromatic heterocycles. The molecule has 2 aliphatic rings. The molecule has 0 saturated carbocycles. The van der Waals surface area contributed by atoms with Crippen molar-refractivity contribution in [3.05, 3.63) is 51.5 Å². The fourth-order valence-electron chi connectivity index (χ4n) is 4.43. The predicted molar refractivity (Wildman–Crippen MR) is 106 cm³/mol. The standard InChI is InChI=1S/C21H23F2N3O2S/c22-17-8-14-4-3-13(16(14)9-18(17)23)5-6-20(27)26-7-1-2-15(26)10-25-21(28)19-11-24-12-29-19/h8-9,11-13,15H,1-7,10H2,(H,25,28). The maximum Gasteiger partial charge on any atom is 0.263 e. The fraction of sp³-hybridized carbons (Fsp3) is 0.476. The molecule has 0 spiro atoms. The van der Waals surface area contributed by atoms with Crippen molar-refractivity contribution in [2.45, 2.75) is 50.5 Å². The van der Waals surface area contributed by atoms with Crippen molar-refractivity contribution >= 4 is 23.2 Å². The largest absolute Gasteiger partial charge is 0.349 e. The number of thiazole rings is 1. The van der Waals surface area contributed by atoms with Crippen LogP contribution in [-0.2, 0) is 11.2 Å². The van der Waals surface area contributed by atoms with Crippen LogP contribution in [0.15, 0.2) is 23.8 Å². The molecule has 4 rings (SSSR count). The topological polar surface area (TPSA) is 62.3 Å². The first kappa shape index (κ1) is 19.9. The van der Waals surface area contributed by atoms with Crippen molar-refractivity contribution in [1.82, 2.24) is 15.2 Å². The normalized spacial score (nSPS) is 20.7. The van der Waals surface area contributed by atoms with Gasteiger partial charge in [-0.05, 0) is 61.3 Å². The van der Waals surface area contributed by atoms with E-state index >= 15 is 0 Å². The number of nitrogens with one attached hydrogen (secondary N) is 1. The van der Waals surface area contributed by atoms with Gasteiger partial charge in [-0.3, -0.25) is 14.6 Å². The summed E-state index contributed by atoms with van der Waals surface area (Å²) >= 11 is 1.29. The third-order valence-corrected chi connectivity index (χ3v) is 6.71. The molecule has 1 N–H and O–H groups in total. The molecule has 29 heavy (non-hydrogen) atoms. The number of hydrogen-bond donors (Lipinski definition) is 1. The molecule has 1 aliphatic heterocycles. The molecule has 154 valence electrons. The number of carbonyl (C=O) groups excluding carboxylic acids is 2. The average molecular weight is 419 g/mol. The van der Waals surface area contributed by atoms with Crippen molar-refractivity contribution in [3.63, 3.8) is 0 Å². The number of rotatable bonds is 6. The van der Waals surface area contributed by atoms with E-state index in [0.717, 1.165) is 36.8 Å². The average Bonchev–Trinajstić information content (AvgIpc) is 3.46. The van der Waals surface area contributed by atoms with Gasteiger partial charge in [0.25, 0.3) is 5.91 Å². The summed E-state index contributed by atoms with van der Waals surface area (Å²) in [6, 6.07) is 2.58. The third kappa shape index (κ3) is 4.32. The second-order valence-corrected chi connectivity index (χ2v) is 8.58. The SMILES string of the molecule is O=C(NCC1CCCN1C(=O)CCC1CCc2cc(F)c(F)cc21)c1cncs1. The van der Waals surface area contributed by atoms with Gasteiger partial charge in [0.15, 0.2) is 11.6 Å². The number of hydrogen-bond acceptors (Lipinski definition) is 4. The van der Waals surface area contributed by atoms with Crippen LogP contribution in [0.25, 0.3) is 0 Å². The Morgan fingerprint density at radius 3 is 2.86 bits per heavy atom. The Morgan fingerprint density at radius 1 is 1.24 bits per heavy atom. The van der Waals surface area contributed by atoms with Crippen molar-refractivity contribution in [2.75, 3.05) is 13.1 Å². The van der Waals surface area contributed by atoms with Crippen LogP contribution in [0.5, 0.6) is 0 Å². The molecule has 2 heterocycles. The summed E-state index contributed by atoms with van der Waals surface area (Å²) in [5.74, 6) is -1.63. The van der Waals surface area contributed by atoms with Crippen LogP contribution in [-0.4, -0.2) is 40.8 Å². The summed E-state index contributed by atoms with van der Waals surface area (Å²) in [5, 5.41) is 2.89. The highest BCUT2D eigenvalue weighted by Crippen LogP contribution is 2.37. The van der Waals surface area contributed by atoms with E-state index in [1.165, 1.54) is 29.7 Å². The molecule has 2 unspecified atom stereocenters. The molecule has 0 bridgehead atoms. The summed E-state index contributed by atoms with van der Waals surface area (Å²) in [6.07, 6.45) is 5.87. The van der Waals surface area contributed by atoms with Crippen LogP contribution < -0.4 is 5.32 Å². The predicted octanol–water partition coefficient (Wildman–Crippen LogP) is 3.65. The van der Waals surface area contributed by atoms with E-state index in [-0.39, 0.29) is 23.8 Å². The van der Waals surface area contributed by atoms with Crippen molar-refractivity contribution in [1.29, 1.82) is 0 Å². The van der Waals surface area contributed by atoms with Gasteiger partial charge in [0.1, 0.15) is 4.88 Å². The van der Waals surface area contributed by atoms with Gasteiger partial charge in [0.2, 0.25) is 5.91 Å². The Balaban J connectivity index is 1.31. The first-order valence-electron chi connectivity index (χ1n) is 9.97. The van der Waals surface area contributed by atoms with E-state index in [0.29, 0.717) is 30.8 Å². The Hall–Kier alpha value is -2.35. The summed E-state index contributed by atoms with van der Waals surface area (Å²) in [5.41, 5.74) is 3.31. The number of carbonyl (C=O) groups is 2. The monoisotopic (exact) mass is 419 g/mol. The lowest BCUT2D eigenvalue weighted by atomic mass is 9.95. The lowest BCUT2D eigenvalue weighted by molar-refractivity contribution is -0.132. The number of aryl methyl sites for hydroxylation is 1. The third-order valence-electron chi connectivity index (χ3n) is 5.94. The second kappa shape index (κ2) is 8.57. The van der Waals surface area contributed by atoms with Crippen molar-refractivity contribution in [2.24, 2.45) is 0 Å². The van der Waals surface area contributed by atoms with Crippen LogP contribution in [0, 0.1) is 11.6 Å². The summed E-state index contributed by atoms with van der Waals surface area (Å²) in [4.78, 5) is 31.2. The number of likely N-dealkylation sites (tertiary alicyclic amines) is 1. The smallest absolute Gasteiger partial charge is 0.263 e. The van der Waals surface area contributed by atoms with Gasteiger partial charge in [0.05, 0.1) is 11.7 Å². The maximum absolute atomic E-state index is 13.6. The van der Waals surface area contributed by atoms with Gasteiger partial charge in [-0.1, -0.05) is 0 Å². The quantitative estimate of drug-likeness (QED) is 0.778. The minimum absolute atomic E-state index is 0.00164. The minimum atomic E-state index is -0.821. The minimum Gasteiger partial charge on any atom is -0.349 e. The Morgan fingerprint density at radius 2 is 2.07 bits per heavy atom. The highest BCUT2D eigenvalue weighted by atomic mass is 32.1. The molecule has 8 heteroatoms. The summed E-state index contributed by atoms with van der Waals surface area (Å²) < 4.78 is 27.0. The van der Waals surface area contributed by atoms with Crippen molar-refractivity contribution < 1.29 is 18.4 Å². The zero-order chi connectivity index (χ0) is 20.4. The number of aromatic nitrogens is 1. The highest BCUT2D eigenvalue weighted by Gasteiger charge is 2.31. The van der Waals surface area contributed by atoms with Gasteiger partial charge in [-0.15, -0.1) is 11.3 Å². The Bertz CT molecular complexity index is 904. The molecular formula is C21H23F2N3O2S. The second-order valence-electron chi connectivity index (χ2n) is 7.70. The summed E-state index contributed by atoms with van der Waals surface area (Å²) in [6.45, 7) is 1.13. The van der Waals surface area contributed by atoms with Gasteiger partial charge in [-0.25, -0.2) is 8.78 Å². The van der Waals surface area contributed by atoms with E-state index in [1.54, 1.807) is 5.51 Å². The van der Waals surface area contributed by atoms with Crippen LogP contribution in [0.4, 0.5) is 8.78 Å². The molecule has 1 aliphatic carbocycles. The molecular weight excluding hydrogens is 396 g/mol. The van der Waals surface area contributed by atoms with E-state index in [2.05, 4.69) is 10.3 Å². The van der Waals surface area contributed by atoms with Crippen molar-refractivity contribution in [3.8, 4) is 0 Å². The summed E-state index contributed by atoms with van der Waals surface area (Å²) in [7, 11) is 0. The Labute approximate surface area is 172 Å². The van der Waals surface area contributed by atoms with Gasteiger partial charge < -0.3 is 10.2 Å². The lowest BCUT2D eigenvalue weighted by Gasteiger charge is -2.25. The molecule has 1 fully saturated rings. The first-order valence-corrected chi connectivity index (χ1v) is 10.8. The van der Waals surface area contributed by atoms with E-state index in [9.17, 15) is 18.4 Å². The van der Waals surface area contributed by atoms with Crippen LogP contribution in [0.3, 0.4) is 0 Å². The molecule has 0 radical (unpaired) electrons. The van der Waals surface area contributed by atoms with Gasteiger partial charge in [0, 0.05) is 25.6 Å². The van der Waals surface area contributed by atoms with E-state index in [4.69, 9.17) is 0 Å². The highest BCUT2D eigenvalue weighted by molar-refractivity contribution is 7.11. The van der Waals surface area contributed by atoms with E-state index < -0.39 is 11.6 Å². The number of amides is 2. The zero-order valence-corrected chi connectivity index (χ0v) is 16.8. The number of halogens is 2. The molecule has 5 nitrogen and oxygen atoms in total. The number of benzene rings is 1. The fourth-order valence-corrected chi connectivity index (χ4v) is 4.96. The Kier molecular flexibility index (Phi) is 5.89. The zero-order valence-electron chi connectivity index (χ0n) is 16.0. The molecule has 1 aromatic carbocycles. The van der Waals surface area contributed by atoms with Crippen LogP contribution >= 0.6 is 11.3 Å². The number of fused-ring (bicyclic) bond motifs is 1. The molecule has 2 atom stereocenters. The first-order chi connectivity index (χ1) is 14.0. The molecule has 2 amide bonds. The van der Waals surface area contributed by atoms with Crippen LogP contribution in [0.1, 0.15) is 58.8 Å². The maximum atomic E-state index is 13.6. The molecule has 2 aromatic rings. The van der Waals surface area contributed by atoms with Crippen LogP contribution in [0.2, 0.25) is 0 Å². The van der Waals surface area contributed by atoms with E-state index in [1.807, 2.05) is 4.90 Å². The van der Waals surface area contributed by atoms with Gasteiger partial charge in [-0.2, -0.15) is 0 Å².